The second-order valence-electron chi connectivity index (χ2n) is 2.79. The summed E-state index contributed by atoms with van der Waals surface area (Å²) in [4.78, 5) is 10.5. The van der Waals surface area contributed by atoms with Crippen LogP contribution >= 0.6 is 23.2 Å². The Morgan fingerprint density at radius 1 is 1.50 bits per heavy atom. The molecule has 0 radical (unpaired) electrons. The molecule has 76 valence electrons. The smallest absolute Gasteiger partial charge is 0.255 e. The number of benzene rings is 1. The third-order valence-electron chi connectivity index (χ3n) is 1.55. The summed E-state index contributed by atoms with van der Waals surface area (Å²) in [5.74, 6) is -0.106. The lowest BCUT2D eigenvalue weighted by atomic mass is 10.2. The quantitative estimate of drug-likeness (QED) is 0.871. The number of aryl methyl sites for hydroxylation is 1. The number of halogens is 2. The van der Waals surface area contributed by atoms with Gasteiger partial charge in [0.05, 0.1) is 5.02 Å². The van der Waals surface area contributed by atoms with Gasteiger partial charge in [0.15, 0.2) is 6.61 Å². The van der Waals surface area contributed by atoms with Gasteiger partial charge in [-0.2, -0.15) is 0 Å². The number of amides is 1. The highest BCUT2D eigenvalue weighted by Crippen LogP contribution is 2.31. The summed E-state index contributed by atoms with van der Waals surface area (Å²) in [5.41, 5.74) is 5.70. The molecule has 3 nitrogen and oxygen atoms in total. The van der Waals surface area contributed by atoms with Gasteiger partial charge in [0, 0.05) is 5.02 Å². The van der Waals surface area contributed by atoms with E-state index in [-0.39, 0.29) is 6.61 Å². The highest BCUT2D eigenvalue weighted by atomic mass is 35.5. The van der Waals surface area contributed by atoms with Gasteiger partial charge in [0.25, 0.3) is 5.91 Å². The van der Waals surface area contributed by atoms with Crippen molar-refractivity contribution < 1.29 is 9.53 Å². The van der Waals surface area contributed by atoms with Crippen LogP contribution in [0.5, 0.6) is 5.75 Å². The van der Waals surface area contributed by atoms with Crippen molar-refractivity contribution >= 4 is 29.1 Å². The second kappa shape index (κ2) is 4.53. The Kier molecular flexibility index (Phi) is 3.61. The predicted octanol–water partition coefficient (Wildman–Crippen LogP) is 2.17. The first kappa shape index (κ1) is 11.1. The van der Waals surface area contributed by atoms with Gasteiger partial charge in [-0.1, -0.05) is 23.2 Å². The number of carbonyl (C=O) groups is 1. The number of hydrogen-bond acceptors (Lipinski definition) is 2. The Hall–Kier alpha value is -0.930. The van der Waals surface area contributed by atoms with E-state index in [1.807, 2.05) is 0 Å². The molecule has 2 N–H and O–H groups in total. The number of carbonyl (C=O) groups excluding carboxylic acids is 1. The molecule has 0 fully saturated rings. The van der Waals surface area contributed by atoms with E-state index in [1.54, 1.807) is 19.1 Å². The van der Waals surface area contributed by atoms with Crippen LogP contribution in [0.3, 0.4) is 0 Å². The van der Waals surface area contributed by atoms with Gasteiger partial charge in [-0.15, -0.1) is 0 Å². The molecule has 1 rings (SSSR count). The average molecular weight is 234 g/mol. The van der Waals surface area contributed by atoms with Crippen LogP contribution in [0.1, 0.15) is 5.56 Å². The zero-order valence-electron chi connectivity index (χ0n) is 7.51. The largest absolute Gasteiger partial charge is 0.482 e. The molecule has 1 aromatic rings. The molecule has 1 amide bonds. The molecule has 0 aliphatic carbocycles. The fourth-order valence-electron chi connectivity index (χ4n) is 1.02. The van der Waals surface area contributed by atoms with Gasteiger partial charge >= 0.3 is 0 Å². The van der Waals surface area contributed by atoms with Gasteiger partial charge in [-0.05, 0) is 24.6 Å². The number of rotatable bonds is 3. The standard InChI is InChI=1S/C9H9Cl2NO2/c1-5-2-6(10)3-7(11)9(5)14-4-8(12)13/h2-3H,4H2,1H3,(H2,12,13). The SMILES string of the molecule is Cc1cc(Cl)cc(Cl)c1OCC(N)=O. The first-order valence-electron chi connectivity index (χ1n) is 3.87. The molecule has 0 aliphatic rings. The summed E-state index contributed by atoms with van der Waals surface area (Å²) in [5, 5.41) is 0.898. The number of primary amides is 1. The molecule has 1 aromatic carbocycles. The summed E-state index contributed by atoms with van der Waals surface area (Å²) < 4.78 is 5.12. The minimum Gasteiger partial charge on any atom is -0.482 e. The maximum absolute atomic E-state index is 10.5. The van der Waals surface area contributed by atoms with E-state index in [2.05, 4.69) is 0 Å². The Balaban J connectivity index is 2.91. The van der Waals surface area contributed by atoms with Crippen LogP contribution in [-0.4, -0.2) is 12.5 Å². The molecule has 0 spiro atoms. The summed E-state index contributed by atoms with van der Waals surface area (Å²) in [6, 6.07) is 3.25. The topological polar surface area (TPSA) is 52.3 Å². The highest BCUT2D eigenvalue weighted by molar-refractivity contribution is 6.35. The monoisotopic (exact) mass is 233 g/mol. The Morgan fingerprint density at radius 3 is 2.64 bits per heavy atom. The number of hydrogen-bond donors (Lipinski definition) is 1. The summed E-state index contributed by atoms with van der Waals surface area (Å²) in [6.07, 6.45) is 0. The van der Waals surface area contributed by atoms with E-state index in [9.17, 15) is 4.79 Å². The van der Waals surface area contributed by atoms with Gasteiger partial charge in [0.1, 0.15) is 5.75 Å². The Bertz CT molecular complexity index is 343. The summed E-state index contributed by atoms with van der Waals surface area (Å²) >= 11 is 11.6. The molecular formula is C9H9Cl2NO2. The highest BCUT2D eigenvalue weighted by Gasteiger charge is 2.08. The Labute approximate surface area is 91.7 Å². The molecule has 0 bridgehead atoms. The van der Waals surface area contributed by atoms with Crippen molar-refractivity contribution in [1.29, 1.82) is 0 Å². The molecule has 5 heteroatoms. The maximum Gasteiger partial charge on any atom is 0.255 e. The molecular weight excluding hydrogens is 225 g/mol. The summed E-state index contributed by atoms with van der Waals surface area (Å²) in [6.45, 7) is 1.59. The van der Waals surface area contributed by atoms with Gasteiger partial charge in [-0.25, -0.2) is 0 Å². The predicted molar refractivity (Wildman–Crippen MR) is 55.9 cm³/mol. The molecule has 0 aliphatic heterocycles. The zero-order chi connectivity index (χ0) is 10.7. The van der Waals surface area contributed by atoms with Crippen LogP contribution in [0, 0.1) is 6.92 Å². The minimum absolute atomic E-state index is 0.192. The molecule has 0 unspecified atom stereocenters. The van der Waals surface area contributed by atoms with Crippen LogP contribution in [-0.2, 0) is 4.79 Å². The van der Waals surface area contributed by atoms with Crippen molar-refractivity contribution in [3.8, 4) is 5.75 Å². The van der Waals surface area contributed by atoms with Crippen LogP contribution in [0.15, 0.2) is 12.1 Å². The number of nitrogens with two attached hydrogens (primary N) is 1. The maximum atomic E-state index is 10.5. The van der Waals surface area contributed by atoms with Crippen LogP contribution in [0.4, 0.5) is 0 Å². The summed E-state index contributed by atoms with van der Waals surface area (Å²) in [7, 11) is 0. The van der Waals surface area contributed by atoms with Crippen molar-refractivity contribution in [2.24, 2.45) is 5.73 Å². The third-order valence-corrected chi connectivity index (χ3v) is 2.05. The number of ether oxygens (including phenoxy) is 1. The third kappa shape index (κ3) is 2.79. The fourth-order valence-corrected chi connectivity index (χ4v) is 1.66. The van der Waals surface area contributed by atoms with E-state index in [0.29, 0.717) is 15.8 Å². The first-order valence-corrected chi connectivity index (χ1v) is 4.63. The van der Waals surface area contributed by atoms with E-state index >= 15 is 0 Å². The van der Waals surface area contributed by atoms with E-state index < -0.39 is 5.91 Å². The van der Waals surface area contributed by atoms with Crippen molar-refractivity contribution in [1.82, 2.24) is 0 Å². The minimum atomic E-state index is -0.546. The van der Waals surface area contributed by atoms with Crippen molar-refractivity contribution in [2.45, 2.75) is 6.92 Å². The van der Waals surface area contributed by atoms with Crippen LogP contribution < -0.4 is 10.5 Å². The van der Waals surface area contributed by atoms with Crippen LogP contribution in [0.2, 0.25) is 10.0 Å². The molecule has 0 aromatic heterocycles. The van der Waals surface area contributed by atoms with Gasteiger partial charge in [-0.3, -0.25) is 4.79 Å². The zero-order valence-corrected chi connectivity index (χ0v) is 9.02. The van der Waals surface area contributed by atoms with Crippen LogP contribution in [0.25, 0.3) is 0 Å². The van der Waals surface area contributed by atoms with E-state index in [4.69, 9.17) is 33.7 Å². The molecule has 0 saturated heterocycles. The molecule has 0 atom stereocenters. The lowest BCUT2D eigenvalue weighted by Crippen LogP contribution is -2.20. The molecule has 0 heterocycles. The van der Waals surface area contributed by atoms with E-state index in [1.165, 1.54) is 0 Å². The van der Waals surface area contributed by atoms with Crippen molar-refractivity contribution in [3.05, 3.63) is 27.7 Å². The lowest BCUT2D eigenvalue weighted by molar-refractivity contribution is -0.119. The Morgan fingerprint density at radius 2 is 2.14 bits per heavy atom. The van der Waals surface area contributed by atoms with E-state index in [0.717, 1.165) is 5.56 Å². The van der Waals surface area contributed by atoms with Crippen molar-refractivity contribution in [3.63, 3.8) is 0 Å². The van der Waals surface area contributed by atoms with Crippen molar-refractivity contribution in [2.75, 3.05) is 6.61 Å². The van der Waals surface area contributed by atoms with Gasteiger partial charge in [0.2, 0.25) is 0 Å². The normalized spacial score (nSPS) is 9.93. The molecule has 0 saturated carbocycles. The average Bonchev–Trinajstić information content (AvgIpc) is 2.01. The second-order valence-corrected chi connectivity index (χ2v) is 3.63. The van der Waals surface area contributed by atoms with Gasteiger partial charge < -0.3 is 10.5 Å². The first-order chi connectivity index (χ1) is 6.50. The molecule has 14 heavy (non-hydrogen) atoms. The lowest BCUT2D eigenvalue weighted by Gasteiger charge is -2.09. The fraction of sp³-hybridized carbons (Fsp3) is 0.222.